The van der Waals surface area contributed by atoms with Crippen LogP contribution < -0.4 is 10.1 Å². The molecule has 1 heterocycles. The maximum Gasteiger partial charge on any atom is 0.247 e. The van der Waals surface area contributed by atoms with E-state index in [4.69, 9.17) is 9.15 Å². The lowest BCUT2D eigenvalue weighted by Crippen LogP contribution is -2.03. The van der Waals surface area contributed by atoms with Crippen molar-refractivity contribution in [1.29, 1.82) is 0 Å². The van der Waals surface area contributed by atoms with Gasteiger partial charge < -0.3 is 14.5 Å². The molecule has 0 amide bonds. The van der Waals surface area contributed by atoms with Gasteiger partial charge in [0.15, 0.2) is 0 Å². The lowest BCUT2D eigenvalue weighted by molar-refractivity contribution is 0.415. The van der Waals surface area contributed by atoms with E-state index in [1.807, 2.05) is 30.3 Å². The third kappa shape index (κ3) is 3.34. The number of rotatable bonds is 5. The van der Waals surface area contributed by atoms with Crippen molar-refractivity contribution in [2.24, 2.45) is 0 Å². The molecule has 0 aliphatic rings. The molecule has 0 fully saturated rings. The van der Waals surface area contributed by atoms with Crippen LogP contribution in [0.25, 0.3) is 11.5 Å². The zero-order chi connectivity index (χ0) is 16.2. The Hall–Kier alpha value is -2.82. The number of aryl methyl sites for hydroxylation is 2. The Morgan fingerprint density at radius 3 is 2.35 bits per heavy atom. The Morgan fingerprint density at radius 2 is 1.70 bits per heavy atom. The van der Waals surface area contributed by atoms with Gasteiger partial charge in [0.05, 0.1) is 13.7 Å². The summed E-state index contributed by atoms with van der Waals surface area (Å²) in [4.78, 5) is 0. The summed E-state index contributed by atoms with van der Waals surface area (Å²) < 4.78 is 10.9. The molecule has 3 aromatic rings. The van der Waals surface area contributed by atoms with Crippen LogP contribution in [0.5, 0.6) is 5.75 Å². The van der Waals surface area contributed by atoms with E-state index in [2.05, 4.69) is 41.5 Å². The average Bonchev–Trinajstić information content (AvgIpc) is 3.03. The maximum atomic E-state index is 5.72. The van der Waals surface area contributed by atoms with Crippen LogP contribution in [-0.2, 0) is 6.54 Å². The first-order valence-electron chi connectivity index (χ1n) is 7.44. The van der Waals surface area contributed by atoms with Crippen LogP contribution in [0.15, 0.2) is 46.9 Å². The van der Waals surface area contributed by atoms with Crippen molar-refractivity contribution >= 4 is 5.69 Å². The molecule has 0 saturated heterocycles. The number of methoxy groups -OCH3 is 1. The van der Waals surface area contributed by atoms with Crippen LogP contribution in [0.4, 0.5) is 5.69 Å². The van der Waals surface area contributed by atoms with Crippen LogP contribution in [0.3, 0.4) is 0 Å². The largest absolute Gasteiger partial charge is 0.497 e. The highest BCUT2D eigenvalue weighted by Crippen LogP contribution is 2.23. The van der Waals surface area contributed by atoms with Gasteiger partial charge in [-0.25, -0.2) is 0 Å². The Morgan fingerprint density at radius 1 is 1.00 bits per heavy atom. The standard InChI is InChI=1S/C18H19N3O2/c1-12-5-4-6-13(2)17(12)19-11-16-20-21-18(23-16)14-7-9-15(22-3)10-8-14/h4-10,19H,11H2,1-3H3. The molecule has 23 heavy (non-hydrogen) atoms. The number of nitrogens with one attached hydrogen (secondary N) is 1. The monoisotopic (exact) mass is 309 g/mol. The predicted octanol–water partition coefficient (Wildman–Crippen LogP) is 3.97. The number of nitrogens with zero attached hydrogens (tertiary/aromatic N) is 2. The van der Waals surface area contributed by atoms with Crippen molar-refractivity contribution < 1.29 is 9.15 Å². The third-order valence-electron chi connectivity index (χ3n) is 3.70. The Labute approximate surface area is 135 Å². The van der Waals surface area contributed by atoms with Gasteiger partial charge in [-0.15, -0.1) is 10.2 Å². The smallest absolute Gasteiger partial charge is 0.247 e. The molecular weight excluding hydrogens is 290 g/mol. The van der Waals surface area contributed by atoms with Crippen molar-refractivity contribution in [3.8, 4) is 17.2 Å². The van der Waals surface area contributed by atoms with Crippen LogP contribution in [-0.4, -0.2) is 17.3 Å². The van der Waals surface area contributed by atoms with Crippen molar-refractivity contribution in [2.75, 3.05) is 12.4 Å². The molecule has 0 atom stereocenters. The second-order valence-electron chi connectivity index (χ2n) is 5.35. The van der Waals surface area contributed by atoms with Crippen LogP contribution >= 0.6 is 0 Å². The first kappa shape index (κ1) is 15.1. The topological polar surface area (TPSA) is 60.2 Å². The van der Waals surface area contributed by atoms with Gasteiger partial charge in [-0.05, 0) is 49.2 Å². The lowest BCUT2D eigenvalue weighted by atomic mass is 10.1. The van der Waals surface area contributed by atoms with Crippen molar-refractivity contribution in [3.63, 3.8) is 0 Å². The summed E-state index contributed by atoms with van der Waals surface area (Å²) >= 11 is 0. The fourth-order valence-electron chi connectivity index (χ4n) is 2.43. The number of anilines is 1. The highest BCUT2D eigenvalue weighted by Gasteiger charge is 2.09. The molecule has 5 heteroatoms. The molecule has 0 radical (unpaired) electrons. The molecular formula is C18H19N3O2. The van der Waals surface area contributed by atoms with Gasteiger partial charge in [-0.2, -0.15) is 0 Å². The Kier molecular flexibility index (Phi) is 4.28. The molecule has 1 aromatic heterocycles. The average molecular weight is 309 g/mol. The first-order chi connectivity index (χ1) is 11.2. The van der Waals surface area contributed by atoms with Crippen molar-refractivity contribution in [3.05, 3.63) is 59.5 Å². The van der Waals surface area contributed by atoms with Gasteiger partial charge >= 0.3 is 0 Å². The molecule has 0 saturated carbocycles. The van der Waals surface area contributed by atoms with E-state index in [0.717, 1.165) is 17.0 Å². The van der Waals surface area contributed by atoms with E-state index in [1.165, 1.54) is 11.1 Å². The SMILES string of the molecule is COc1ccc(-c2nnc(CNc3c(C)cccc3C)o2)cc1. The fraction of sp³-hybridized carbons (Fsp3) is 0.222. The summed E-state index contributed by atoms with van der Waals surface area (Å²) in [6.45, 7) is 4.65. The minimum atomic E-state index is 0.495. The second kappa shape index (κ2) is 6.52. The van der Waals surface area contributed by atoms with E-state index in [0.29, 0.717) is 18.3 Å². The summed E-state index contributed by atoms with van der Waals surface area (Å²) in [6.07, 6.45) is 0. The number of hydrogen-bond acceptors (Lipinski definition) is 5. The van der Waals surface area contributed by atoms with Gasteiger partial charge in [-0.3, -0.25) is 0 Å². The maximum absolute atomic E-state index is 5.72. The summed E-state index contributed by atoms with van der Waals surface area (Å²) in [7, 11) is 1.64. The quantitative estimate of drug-likeness (QED) is 0.772. The van der Waals surface area contributed by atoms with E-state index in [-0.39, 0.29) is 0 Å². The molecule has 1 N–H and O–H groups in total. The Bertz CT molecular complexity index is 774. The molecule has 5 nitrogen and oxygen atoms in total. The minimum Gasteiger partial charge on any atom is -0.497 e. The summed E-state index contributed by atoms with van der Waals surface area (Å²) in [5, 5.41) is 11.6. The Balaban J connectivity index is 1.72. The molecule has 0 spiro atoms. The first-order valence-corrected chi connectivity index (χ1v) is 7.44. The lowest BCUT2D eigenvalue weighted by Gasteiger charge is -2.10. The van der Waals surface area contributed by atoms with Gasteiger partial charge in [0.1, 0.15) is 5.75 Å². The number of para-hydroxylation sites is 1. The second-order valence-corrected chi connectivity index (χ2v) is 5.35. The van der Waals surface area contributed by atoms with Gasteiger partial charge in [-0.1, -0.05) is 18.2 Å². The fourth-order valence-corrected chi connectivity index (χ4v) is 2.43. The highest BCUT2D eigenvalue weighted by atomic mass is 16.5. The van der Waals surface area contributed by atoms with Crippen LogP contribution in [0.2, 0.25) is 0 Å². The molecule has 0 unspecified atom stereocenters. The predicted molar refractivity (Wildman–Crippen MR) is 89.5 cm³/mol. The van der Waals surface area contributed by atoms with Gasteiger partial charge in [0, 0.05) is 11.3 Å². The number of ether oxygens (including phenoxy) is 1. The molecule has 0 bridgehead atoms. The normalized spacial score (nSPS) is 10.6. The van der Waals surface area contributed by atoms with E-state index in [9.17, 15) is 0 Å². The molecule has 118 valence electrons. The van der Waals surface area contributed by atoms with E-state index >= 15 is 0 Å². The van der Waals surface area contributed by atoms with Gasteiger partial charge in [0.2, 0.25) is 11.8 Å². The summed E-state index contributed by atoms with van der Waals surface area (Å²) in [5.74, 6) is 1.86. The van der Waals surface area contributed by atoms with E-state index in [1.54, 1.807) is 7.11 Å². The number of aromatic nitrogens is 2. The number of benzene rings is 2. The van der Waals surface area contributed by atoms with Crippen molar-refractivity contribution in [1.82, 2.24) is 10.2 Å². The molecule has 3 rings (SSSR count). The number of hydrogen-bond donors (Lipinski definition) is 1. The van der Waals surface area contributed by atoms with Crippen LogP contribution in [0.1, 0.15) is 17.0 Å². The summed E-state index contributed by atoms with van der Waals surface area (Å²) in [6, 6.07) is 13.7. The van der Waals surface area contributed by atoms with Gasteiger partial charge in [0.25, 0.3) is 0 Å². The minimum absolute atomic E-state index is 0.495. The van der Waals surface area contributed by atoms with Crippen LogP contribution in [0, 0.1) is 13.8 Å². The molecule has 0 aliphatic carbocycles. The third-order valence-corrected chi connectivity index (χ3v) is 3.70. The zero-order valence-corrected chi connectivity index (χ0v) is 13.5. The highest BCUT2D eigenvalue weighted by molar-refractivity contribution is 5.57. The zero-order valence-electron chi connectivity index (χ0n) is 13.5. The molecule has 2 aromatic carbocycles. The summed E-state index contributed by atoms with van der Waals surface area (Å²) in [5.41, 5.74) is 4.37. The van der Waals surface area contributed by atoms with E-state index < -0.39 is 0 Å². The van der Waals surface area contributed by atoms with Crippen molar-refractivity contribution in [2.45, 2.75) is 20.4 Å². The molecule has 0 aliphatic heterocycles.